The quantitative estimate of drug-likeness (QED) is 0.0126. The Morgan fingerprint density at radius 3 is 1.67 bits per heavy atom. The van der Waals surface area contributed by atoms with Crippen LogP contribution in [-0.4, -0.2) is 162 Å². The summed E-state index contributed by atoms with van der Waals surface area (Å²) < 4.78 is 0. The van der Waals surface area contributed by atoms with Gasteiger partial charge < -0.3 is 90.1 Å². The predicted molar refractivity (Wildman–Crippen MR) is 312 cm³/mol. The molecule has 86 heavy (non-hydrogen) atoms. The molecule has 0 bridgehead atoms. The molecule has 8 amide bonds. The number of carboxylic acids is 2. The van der Waals surface area contributed by atoms with Crippen LogP contribution in [0.4, 0.5) is 0 Å². The summed E-state index contributed by atoms with van der Waals surface area (Å²) in [5.74, 6) is -11.0. The van der Waals surface area contributed by atoms with Crippen LogP contribution in [0.15, 0.2) is 96.5 Å². The number of benzene rings is 3. The third-order valence-electron chi connectivity index (χ3n) is 14.0. The van der Waals surface area contributed by atoms with E-state index in [1.807, 2.05) is 0 Å². The molecule has 0 radical (unpaired) electrons. The summed E-state index contributed by atoms with van der Waals surface area (Å²) in [6.45, 7) is 4.20. The number of para-hydroxylation sites is 1. The number of aromatic amines is 2. The van der Waals surface area contributed by atoms with Crippen LogP contribution in [0, 0.1) is 5.92 Å². The fraction of sp³-hybridized carbons (Fsp3) is 0.404. The number of hydrogen-bond acceptors (Lipinski definition) is 15. The molecular formula is C57H75N15O14. The number of carboxylic acid groups (broad SMARTS) is 2. The second kappa shape index (κ2) is 32.7. The van der Waals surface area contributed by atoms with Crippen LogP contribution < -0.4 is 59.7 Å². The van der Waals surface area contributed by atoms with Gasteiger partial charge in [0.15, 0.2) is 5.96 Å². The van der Waals surface area contributed by atoms with Crippen molar-refractivity contribution in [2.45, 2.75) is 127 Å². The molecule has 0 saturated heterocycles. The second-order valence-corrected chi connectivity index (χ2v) is 20.5. The Morgan fingerprint density at radius 1 is 0.593 bits per heavy atom. The average Bonchev–Trinajstić information content (AvgIpc) is 4.01. The summed E-state index contributed by atoms with van der Waals surface area (Å²) in [5, 5.41) is 60.9. The number of nitrogens with zero attached hydrogens (tertiary/aromatic N) is 2. The Hall–Kier alpha value is -10.1. The van der Waals surface area contributed by atoms with Gasteiger partial charge in [-0.2, -0.15) is 0 Å². The van der Waals surface area contributed by atoms with Crippen LogP contribution >= 0.6 is 0 Å². The number of hydrogen-bond donors (Lipinski definition) is 17. The standard InChI is InChI=1S/C57H75N15O14/c1-4-30(2)48(55(84)71-45(56(85)86)25-35-28-61-29-64-35)72-54(83)44(24-34-27-63-39-9-6-5-8-38(34)39)70-50(79)40(10-7-21-62-57(59)60)67-51(80)41(19-20-47(76)77)68-53(82)43(23-33-13-17-37(74)18-14-33)69-49(78)31(3)65-52(81)42(66-46(75)26-58)22-32-11-15-36(73)16-12-32/h5-6,8-9,11-18,27-31,40-45,48,63,73-74H,4,7,10,19-26,58H2,1-3H3,(H,61,64)(H,65,81)(H,66,75)(H,67,80)(H,68,82)(H,69,78)(H,70,79)(H,71,84)(H,72,83)(H,76,77)(H,85,86)(H4,59,60,62)/t30-,31-,40-,41-,42-,43-,44-,45-,48-/m0/s1. The van der Waals surface area contributed by atoms with Gasteiger partial charge in [0.25, 0.3) is 0 Å². The summed E-state index contributed by atoms with van der Waals surface area (Å²) in [6.07, 6.45) is 2.55. The SMILES string of the molecule is CC[C@H](C)[C@H](NC(=O)[C@H](Cc1c[nH]c2ccccc12)NC(=O)[C@H](CCCN=C(N)N)NC(=O)[C@H](CCC(=O)O)NC(=O)[C@H](Cc1ccc(O)cc1)NC(=O)[C@H](C)NC(=O)[C@H](Cc1ccc(O)cc1)NC(=O)CN)C(=O)N[C@@H](Cc1cnc[nH]1)C(=O)O. The van der Waals surface area contributed by atoms with E-state index < -0.39 is 133 Å². The van der Waals surface area contributed by atoms with Crippen molar-refractivity contribution < 1.29 is 68.4 Å². The number of guanidine groups is 1. The van der Waals surface area contributed by atoms with Gasteiger partial charge in [-0.3, -0.25) is 48.1 Å². The van der Waals surface area contributed by atoms with E-state index in [-0.39, 0.29) is 62.5 Å². The highest BCUT2D eigenvalue weighted by Crippen LogP contribution is 2.21. The molecule has 29 nitrogen and oxygen atoms in total. The minimum absolute atomic E-state index is 0.0354. The molecule has 2 aromatic heterocycles. The third-order valence-corrected chi connectivity index (χ3v) is 14.0. The fourth-order valence-electron chi connectivity index (χ4n) is 8.97. The van der Waals surface area contributed by atoms with Crippen LogP contribution in [0.5, 0.6) is 11.5 Å². The van der Waals surface area contributed by atoms with Gasteiger partial charge in [0.2, 0.25) is 47.3 Å². The van der Waals surface area contributed by atoms with Gasteiger partial charge in [0.05, 0.1) is 12.9 Å². The largest absolute Gasteiger partial charge is 0.508 e. The Morgan fingerprint density at radius 2 is 1.12 bits per heavy atom. The fourth-order valence-corrected chi connectivity index (χ4v) is 8.97. The molecule has 462 valence electrons. The first-order valence-corrected chi connectivity index (χ1v) is 27.6. The number of aromatic nitrogens is 3. The van der Waals surface area contributed by atoms with E-state index in [0.717, 1.165) is 0 Å². The topological polar surface area (TPSA) is 483 Å². The van der Waals surface area contributed by atoms with Gasteiger partial charge in [-0.15, -0.1) is 0 Å². The number of aliphatic carboxylic acids is 2. The highest BCUT2D eigenvalue weighted by molar-refractivity contribution is 5.98. The highest BCUT2D eigenvalue weighted by Gasteiger charge is 2.36. The van der Waals surface area contributed by atoms with Crippen molar-refractivity contribution in [2.75, 3.05) is 13.1 Å². The lowest BCUT2D eigenvalue weighted by atomic mass is 9.96. The summed E-state index contributed by atoms with van der Waals surface area (Å²) in [6, 6.07) is 6.70. The summed E-state index contributed by atoms with van der Waals surface area (Å²) >= 11 is 0. The molecule has 20 N–H and O–H groups in total. The van der Waals surface area contributed by atoms with Gasteiger partial charge in [-0.1, -0.05) is 62.7 Å². The number of imidazole rings is 1. The van der Waals surface area contributed by atoms with Crippen molar-refractivity contribution in [3.8, 4) is 11.5 Å². The zero-order chi connectivity index (χ0) is 63.0. The molecule has 0 fully saturated rings. The maximum Gasteiger partial charge on any atom is 0.326 e. The van der Waals surface area contributed by atoms with Crippen LogP contribution in [0.1, 0.15) is 75.3 Å². The van der Waals surface area contributed by atoms with Crippen LogP contribution in [-0.2, 0) is 73.6 Å². The Balaban J connectivity index is 1.43. The smallest absolute Gasteiger partial charge is 0.326 e. The second-order valence-electron chi connectivity index (χ2n) is 20.5. The van der Waals surface area contributed by atoms with E-state index in [1.165, 1.54) is 68.0 Å². The van der Waals surface area contributed by atoms with Crippen LogP contribution in [0.3, 0.4) is 0 Å². The molecule has 5 rings (SSSR count). The van der Waals surface area contributed by atoms with Crippen LogP contribution in [0.2, 0.25) is 0 Å². The molecule has 3 aromatic carbocycles. The van der Waals surface area contributed by atoms with Crippen molar-refractivity contribution in [2.24, 2.45) is 28.1 Å². The van der Waals surface area contributed by atoms with Crippen LogP contribution in [0.25, 0.3) is 10.9 Å². The maximum absolute atomic E-state index is 14.8. The Bertz CT molecular complexity index is 3170. The van der Waals surface area contributed by atoms with Crippen molar-refractivity contribution in [1.82, 2.24) is 57.5 Å². The number of phenols is 2. The number of fused-ring (bicyclic) bond motifs is 1. The molecule has 0 aliphatic heterocycles. The first-order valence-electron chi connectivity index (χ1n) is 27.6. The van der Waals surface area contributed by atoms with Gasteiger partial charge >= 0.3 is 11.9 Å². The molecule has 0 spiro atoms. The molecular weight excluding hydrogens is 1120 g/mol. The first kappa shape index (κ1) is 66.7. The molecule has 0 unspecified atom stereocenters. The molecule has 5 aromatic rings. The van der Waals surface area contributed by atoms with E-state index in [2.05, 4.69) is 62.5 Å². The van der Waals surface area contributed by atoms with E-state index >= 15 is 0 Å². The molecule has 2 heterocycles. The number of nitrogens with one attached hydrogen (secondary N) is 10. The lowest BCUT2D eigenvalue weighted by Crippen LogP contribution is -2.61. The van der Waals surface area contributed by atoms with E-state index in [0.29, 0.717) is 39.7 Å². The van der Waals surface area contributed by atoms with Gasteiger partial charge in [-0.05, 0) is 79.1 Å². The van der Waals surface area contributed by atoms with E-state index in [9.17, 15) is 68.4 Å². The number of phenolic OH excluding ortho intramolecular Hbond substituents is 2. The number of aromatic hydroxyl groups is 2. The highest BCUT2D eigenvalue weighted by atomic mass is 16.4. The lowest BCUT2D eigenvalue weighted by molar-refractivity contribution is -0.142. The summed E-state index contributed by atoms with van der Waals surface area (Å²) in [4.78, 5) is 151. The van der Waals surface area contributed by atoms with Gasteiger partial charge in [-0.25, -0.2) is 9.78 Å². The number of rotatable bonds is 34. The number of amides is 8. The third kappa shape index (κ3) is 21.0. The molecule has 0 aliphatic carbocycles. The Labute approximate surface area is 493 Å². The number of carbonyl (C=O) groups excluding carboxylic acids is 8. The molecule has 0 aliphatic rings. The minimum Gasteiger partial charge on any atom is -0.508 e. The summed E-state index contributed by atoms with van der Waals surface area (Å²) in [5.41, 5.74) is 19.2. The average molecular weight is 1190 g/mol. The zero-order valence-corrected chi connectivity index (χ0v) is 47.6. The van der Waals surface area contributed by atoms with Crippen molar-refractivity contribution in [1.29, 1.82) is 0 Å². The minimum atomic E-state index is -1.72. The monoisotopic (exact) mass is 1190 g/mol. The van der Waals surface area contributed by atoms with Crippen molar-refractivity contribution >= 4 is 76.1 Å². The Kier molecular flexibility index (Phi) is 25.4. The van der Waals surface area contributed by atoms with E-state index in [4.69, 9.17) is 17.2 Å². The maximum atomic E-state index is 14.8. The van der Waals surface area contributed by atoms with Crippen molar-refractivity contribution in [3.63, 3.8) is 0 Å². The lowest BCUT2D eigenvalue weighted by Gasteiger charge is -2.29. The molecule has 0 saturated carbocycles. The number of nitrogens with two attached hydrogens (primary N) is 3. The summed E-state index contributed by atoms with van der Waals surface area (Å²) in [7, 11) is 0. The van der Waals surface area contributed by atoms with Gasteiger partial charge in [0.1, 0.15) is 59.8 Å². The van der Waals surface area contributed by atoms with E-state index in [1.54, 1.807) is 44.3 Å². The zero-order valence-electron chi connectivity index (χ0n) is 47.6. The number of carbonyl (C=O) groups is 10. The molecule has 9 atom stereocenters. The first-order chi connectivity index (χ1) is 40.9. The molecule has 29 heteroatoms. The van der Waals surface area contributed by atoms with Crippen molar-refractivity contribution in [3.05, 3.63) is 114 Å². The van der Waals surface area contributed by atoms with Gasteiger partial charge in [0, 0.05) is 67.6 Å². The normalized spacial score (nSPS) is 14.2. The predicted octanol–water partition coefficient (Wildman–Crippen LogP) is -1.52. The number of H-pyrrole nitrogens is 2. The number of aliphatic imine (C=N–C) groups is 1.